The average Bonchev–Trinajstić information content (AvgIpc) is 3.22. The Balaban J connectivity index is 1.32. The lowest BCUT2D eigenvalue weighted by atomic mass is 10.1. The van der Waals surface area contributed by atoms with Crippen molar-refractivity contribution in [1.82, 2.24) is 29.6 Å². The number of rotatable bonds is 7. The standard InChI is InChI=1S/C22H28N8O/c1-2-3-17-10-18(26-22-25-16-30(27-22)21-13-23-4-5-24-21)12-19(11-17)28-6-8-29(9-7-28)20-14-31-15-20/h4-5,10-13,16,20H,2-3,6-9,14-15H2,1H3,(H,26,27). The van der Waals surface area contributed by atoms with E-state index in [9.17, 15) is 0 Å². The van der Waals surface area contributed by atoms with Gasteiger partial charge in [-0.3, -0.25) is 9.88 Å². The van der Waals surface area contributed by atoms with Crippen LogP contribution in [0.3, 0.4) is 0 Å². The van der Waals surface area contributed by atoms with Crippen LogP contribution >= 0.6 is 0 Å². The molecule has 2 saturated heterocycles. The van der Waals surface area contributed by atoms with Crippen molar-refractivity contribution in [2.24, 2.45) is 0 Å². The number of nitrogens with zero attached hydrogens (tertiary/aromatic N) is 7. The van der Waals surface area contributed by atoms with Gasteiger partial charge in [-0.15, -0.1) is 5.10 Å². The zero-order valence-corrected chi connectivity index (χ0v) is 17.8. The normalized spacial score (nSPS) is 17.5. The van der Waals surface area contributed by atoms with E-state index >= 15 is 0 Å². The second kappa shape index (κ2) is 8.99. The number of anilines is 3. The molecule has 162 valence electrons. The lowest BCUT2D eigenvalue weighted by Gasteiger charge is -2.43. The zero-order chi connectivity index (χ0) is 21.0. The molecule has 5 rings (SSSR count). The van der Waals surface area contributed by atoms with Gasteiger partial charge in [0.25, 0.3) is 0 Å². The minimum atomic E-state index is 0.542. The van der Waals surface area contributed by atoms with Gasteiger partial charge in [-0.25, -0.2) is 4.98 Å². The first-order valence-corrected chi connectivity index (χ1v) is 10.9. The first-order chi connectivity index (χ1) is 15.3. The molecule has 3 aromatic rings. The van der Waals surface area contributed by atoms with Crippen molar-refractivity contribution in [3.63, 3.8) is 0 Å². The highest BCUT2D eigenvalue weighted by Gasteiger charge is 2.29. The first-order valence-electron chi connectivity index (χ1n) is 10.9. The molecule has 31 heavy (non-hydrogen) atoms. The minimum absolute atomic E-state index is 0.542. The zero-order valence-electron chi connectivity index (χ0n) is 17.8. The molecule has 0 bridgehead atoms. The van der Waals surface area contributed by atoms with Crippen molar-refractivity contribution in [3.05, 3.63) is 48.7 Å². The summed E-state index contributed by atoms with van der Waals surface area (Å²) in [6.45, 7) is 8.21. The van der Waals surface area contributed by atoms with Crippen molar-refractivity contribution < 1.29 is 4.74 Å². The summed E-state index contributed by atoms with van der Waals surface area (Å²) >= 11 is 0. The Morgan fingerprint density at radius 2 is 1.94 bits per heavy atom. The van der Waals surface area contributed by atoms with Crippen LogP contribution in [0.5, 0.6) is 0 Å². The maximum absolute atomic E-state index is 5.36. The van der Waals surface area contributed by atoms with Gasteiger partial charge in [0.1, 0.15) is 6.33 Å². The molecule has 0 aliphatic carbocycles. The molecule has 0 amide bonds. The number of aromatic nitrogens is 5. The number of hydrogen-bond donors (Lipinski definition) is 1. The highest BCUT2D eigenvalue weighted by atomic mass is 16.5. The number of hydrogen-bond acceptors (Lipinski definition) is 8. The van der Waals surface area contributed by atoms with Gasteiger partial charge in [-0.1, -0.05) is 13.3 Å². The van der Waals surface area contributed by atoms with Crippen LogP contribution in [0.25, 0.3) is 5.82 Å². The quantitative estimate of drug-likeness (QED) is 0.623. The number of nitrogens with one attached hydrogen (secondary N) is 1. The third kappa shape index (κ3) is 4.52. The molecule has 2 aromatic heterocycles. The molecule has 2 aliphatic rings. The lowest BCUT2D eigenvalue weighted by Crippen LogP contribution is -2.56. The van der Waals surface area contributed by atoms with Gasteiger partial charge in [0.2, 0.25) is 5.95 Å². The van der Waals surface area contributed by atoms with E-state index in [1.165, 1.54) is 11.3 Å². The van der Waals surface area contributed by atoms with Crippen LogP contribution in [0.2, 0.25) is 0 Å². The smallest absolute Gasteiger partial charge is 0.247 e. The summed E-state index contributed by atoms with van der Waals surface area (Å²) in [4.78, 5) is 17.8. The molecular weight excluding hydrogens is 392 g/mol. The maximum atomic E-state index is 5.36. The van der Waals surface area contributed by atoms with Crippen LogP contribution in [-0.2, 0) is 11.2 Å². The second-order valence-corrected chi connectivity index (χ2v) is 8.05. The van der Waals surface area contributed by atoms with Crippen LogP contribution in [0.1, 0.15) is 18.9 Å². The molecule has 0 spiro atoms. The Hall–Kier alpha value is -3.04. The predicted molar refractivity (Wildman–Crippen MR) is 119 cm³/mol. The van der Waals surface area contributed by atoms with E-state index in [4.69, 9.17) is 4.74 Å². The minimum Gasteiger partial charge on any atom is -0.378 e. The molecule has 1 N–H and O–H groups in total. The van der Waals surface area contributed by atoms with Crippen LogP contribution in [0.15, 0.2) is 43.1 Å². The summed E-state index contributed by atoms with van der Waals surface area (Å²) in [5.41, 5.74) is 3.59. The SMILES string of the molecule is CCCc1cc(Nc2ncn(-c3cnccn3)n2)cc(N2CCN(C3COC3)CC2)c1. The number of benzene rings is 1. The van der Waals surface area contributed by atoms with E-state index in [1.54, 1.807) is 29.6 Å². The summed E-state index contributed by atoms with van der Waals surface area (Å²) in [5, 5.41) is 7.87. The van der Waals surface area contributed by atoms with Crippen LogP contribution in [0.4, 0.5) is 17.3 Å². The van der Waals surface area contributed by atoms with Gasteiger partial charge in [0.15, 0.2) is 5.82 Å². The van der Waals surface area contributed by atoms with E-state index < -0.39 is 0 Å². The Bertz CT molecular complexity index is 996. The Kier molecular flexibility index (Phi) is 5.77. The van der Waals surface area contributed by atoms with Crippen molar-refractivity contribution >= 4 is 17.3 Å². The molecule has 2 aliphatic heterocycles. The van der Waals surface area contributed by atoms with Gasteiger partial charge in [0, 0.05) is 49.9 Å². The molecule has 1 aromatic carbocycles. The van der Waals surface area contributed by atoms with Crippen molar-refractivity contribution in [2.45, 2.75) is 25.8 Å². The fourth-order valence-electron chi connectivity index (χ4n) is 4.11. The molecule has 2 fully saturated rings. The molecule has 0 radical (unpaired) electrons. The predicted octanol–water partition coefficient (Wildman–Crippen LogP) is 2.27. The molecule has 0 atom stereocenters. The second-order valence-electron chi connectivity index (χ2n) is 8.05. The van der Waals surface area contributed by atoms with Crippen LogP contribution in [0, 0.1) is 0 Å². The average molecular weight is 421 g/mol. The van der Waals surface area contributed by atoms with Crippen LogP contribution in [-0.4, -0.2) is 75.1 Å². The maximum Gasteiger partial charge on any atom is 0.247 e. The van der Waals surface area contributed by atoms with E-state index in [-0.39, 0.29) is 0 Å². The highest BCUT2D eigenvalue weighted by Crippen LogP contribution is 2.27. The van der Waals surface area contributed by atoms with E-state index in [2.05, 4.69) is 60.3 Å². The summed E-state index contributed by atoms with van der Waals surface area (Å²) in [6.07, 6.45) is 8.74. The Morgan fingerprint density at radius 3 is 2.65 bits per heavy atom. The first kappa shape index (κ1) is 19.9. The van der Waals surface area contributed by atoms with Crippen molar-refractivity contribution in [3.8, 4) is 5.82 Å². The highest BCUT2D eigenvalue weighted by molar-refractivity contribution is 5.64. The number of aryl methyl sites for hydroxylation is 1. The lowest BCUT2D eigenvalue weighted by molar-refractivity contribution is -0.0660. The third-order valence-electron chi connectivity index (χ3n) is 5.86. The molecule has 0 unspecified atom stereocenters. The van der Waals surface area contributed by atoms with E-state index in [0.717, 1.165) is 57.9 Å². The van der Waals surface area contributed by atoms with Gasteiger partial charge in [-0.05, 0) is 30.2 Å². The fraction of sp³-hybridized carbons (Fsp3) is 0.455. The number of piperazine rings is 1. The van der Waals surface area contributed by atoms with Gasteiger partial charge in [-0.2, -0.15) is 9.67 Å². The van der Waals surface area contributed by atoms with Crippen molar-refractivity contribution in [2.75, 3.05) is 49.6 Å². The van der Waals surface area contributed by atoms with Gasteiger partial charge >= 0.3 is 0 Å². The monoisotopic (exact) mass is 420 g/mol. The number of ether oxygens (including phenoxy) is 1. The molecular formula is C22H28N8O. The summed E-state index contributed by atoms with van der Waals surface area (Å²) in [7, 11) is 0. The Morgan fingerprint density at radius 1 is 1.06 bits per heavy atom. The molecule has 9 heteroatoms. The summed E-state index contributed by atoms with van der Waals surface area (Å²) in [6, 6.07) is 7.33. The third-order valence-corrected chi connectivity index (χ3v) is 5.86. The van der Waals surface area contributed by atoms with Crippen LogP contribution < -0.4 is 10.2 Å². The Labute approximate surface area is 182 Å². The van der Waals surface area contributed by atoms with E-state index in [1.807, 2.05) is 0 Å². The van der Waals surface area contributed by atoms with Crippen molar-refractivity contribution in [1.29, 1.82) is 0 Å². The van der Waals surface area contributed by atoms with Gasteiger partial charge < -0.3 is 15.0 Å². The largest absolute Gasteiger partial charge is 0.378 e. The molecule has 0 saturated carbocycles. The topological polar surface area (TPSA) is 84.2 Å². The molecule has 9 nitrogen and oxygen atoms in total. The summed E-state index contributed by atoms with van der Waals surface area (Å²) in [5.74, 6) is 1.18. The summed E-state index contributed by atoms with van der Waals surface area (Å²) < 4.78 is 6.98. The molecule has 4 heterocycles. The fourth-order valence-corrected chi connectivity index (χ4v) is 4.11. The van der Waals surface area contributed by atoms with Gasteiger partial charge in [0.05, 0.1) is 25.5 Å². The van der Waals surface area contributed by atoms with E-state index in [0.29, 0.717) is 17.8 Å².